The van der Waals surface area contributed by atoms with Gasteiger partial charge in [0.1, 0.15) is 0 Å². The molecule has 1 saturated heterocycles. The highest BCUT2D eigenvalue weighted by Crippen LogP contribution is 2.39. The van der Waals surface area contributed by atoms with E-state index in [1.54, 1.807) is 36.5 Å². The fraction of sp³-hybridized carbons (Fsp3) is 0.219. The topological polar surface area (TPSA) is 152 Å². The van der Waals surface area contributed by atoms with Crippen LogP contribution in [0.4, 0.5) is 18.9 Å². The second-order valence-corrected chi connectivity index (χ2v) is 10.4. The number of benzene rings is 2. The number of ether oxygens (including phenoxy) is 1. The number of alkyl halides is 3. The number of pyridine rings is 2. The summed E-state index contributed by atoms with van der Waals surface area (Å²) in [5, 5.41) is 19.4. The molecule has 0 bridgehead atoms. The van der Waals surface area contributed by atoms with Crippen molar-refractivity contribution in [3.63, 3.8) is 0 Å². The maximum absolute atomic E-state index is 14.3. The smallest absolute Gasteiger partial charge is 0.418 e. The Morgan fingerprint density at radius 1 is 0.936 bits per heavy atom. The Morgan fingerprint density at radius 2 is 1.62 bits per heavy atom. The monoisotopic (exact) mass is 650 g/mol. The lowest BCUT2D eigenvalue weighted by Gasteiger charge is -2.31. The van der Waals surface area contributed by atoms with E-state index >= 15 is 0 Å². The van der Waals surface area contributed by atoms with Crippen LogP contribution in [0.2, 0.25) is 0 Å². The molecule has 0 radical (unpaired) electrons. The van der Waals surface area contributed by atoms with Gasteiger partial charge in [-0.3, -0.25) is 14.1 Å². The minimum absolute atomic E-state index is 0.113. The van der Waals surface area contributed by atoms with Crippen LogP contribution in [0.1, 0.15) is 5.56 Å². The van der Waals surface area contributed by atoms with Crippen LogP contribution >= 0.6 is 0 Å². The maximum atomic E-state index is 14.3. The number of hydrogen-bond donors (Lipinski definition) is 3. The molecule has 0 saturated carbocycles. The van der Waals surface area contributed by atoms with E-state index in [4.69, 9.17) is 14.9 Å². The average molecular weight is 651 g/mol. The quantitative estimate of drug-likeness (QED) is 0.229. The predicted molar refractivity (Wildman–Crippen MR) is 168 cm³/mol. The lowest BCUT2D eigenvalue weighted by atomic mass is 10.0. The van der Waals surface area contributed by atoms with Crippen LogP contribution in [0, 0.1) is 0 Å². The number of hydrogen-bond acceptors (Lipinski definition) is 8. The molecular formula is C32H29F3N6O6. The molecule has 47 heavy (non-hydrogen) atoms. The summed E-state index contributed by atoms with van der Waals surface area (Å²) in [6.07, 6.45) is -0.229. The van der Waals surface area contributed by atoms with E-state index in [2.05, 4.69) is 15.3 Å². The molecule has 1 aliphatic heterocycles. The van der Waals surface area contributed by atoms with E-state index in [-0.39, 0.29) is 11.4 Å². The van der Waals surface area contributed by atoms with Crippen LogP contribution in [0.25, 0.3) is 38.8 Å². The van der Waals surface area contributed by atoms with E-state index in [0.29, 0.717) is 66.1 Å². The van der Waals surface area contributed by atoms with Gasteiger partial charge < -0.3 is 25.2 Å². The summed E-state index contributed by atoms with van der Waals surface area (Å²) in [6, 6.07) is 13.3. The number of methoxy groups -OCH3 is 1. The zero-order valence-electron chi connectivity index (χ0n) is 25.2. The number of carboxylic acids is 2. The van der Waals surface area contributed by atoms with Crippen molar-refractivity contribution in [3.8, 4) is 22.7 Å². The van der Waals surface area contributed by atoms with Crippen molar-refractivity contribution in [1.29, 1.82) is 0 Å². The molecule has 3 aromatic heterocycles. The van der Waals surface area contributed by atoms with Gasteiger partial charge in [0, 0.05) is 74.3 Å². The molecule has 3 N–H and O–H groups in total. The molecule has 0 aliphatic carbocycles. The zero-order valence-corrected chi connectivity index (χ0v) is 25.2. The van der Waals surface area contributed by atoms with Gasteiger partial charge >= 0.3 is 23.8 Å². The first-order valence-electron chi connectivity index (χ1n) is 14.2. The molecule has 4 heterocycles. The molecule has 5 aromatic rings. The largest absolute Gasteiger partial charge is 0.481 e. The summed E-state index contributed by atoms with van der Waals surface area (Å²) in [5.41, 5.74) is 2.27. The molecule has 0 atom stereocenters. The van der Waals surface area contributed by atoms with E-state index in [1.165, 1.54) is 22.3 Å². The van der Waals surface area contributed by atoms with Gasteiger partial charge in [-0.15, -0.1) is 0 Å². The Kier molecular flexibility index (Phi) is 9.28. The second-order valence-electron chi connectivity index (χ2n) is 10.4. The van der Waals surface area contributed by atoms with Crippen molar-refractivity contribution in [2.75, 3.05) is 38.2 Å². The molecule has 15 heteroatoms. The molecule has 1 aliphatic rings. The highest BCUT2D eigenvalue weighted by Gasteiger charge is 2.36. The third-order valence-electron chi connectivity index (χ3n) is 7.53. The number of aryl methyl sites for hydroxylation is 1. The number of piperazine rings is 1. The number of aliphatic carboxylic acids is 2. The average Bonchev–Trinajstić information content (AvgIpc) is 3.33. The van der Waals surface area contributed by atoms with Gasteiger partial charge in [-0.25, -0.2) is 19.4 Å². The first-order chi connectivity index (χ1) is 22.4. The fourth-order valence-electron chi connectivity index (χ4n) is 5.30. The molecule has 0 unspecified atom stereocenters. The number of nitrogens with one attached hydrogen (secondary N) is 1. The molecular weight excluding hydrogens is 621 g/mol. The fourth-order valence-corrected chi connectivity index (χ4v) is 5.30. The van der Waals surface area contributed by atoms with E-state index < -0.39 is 29.4 Å². The van der Waals surface area contributed by atoms with Crippen LogP contribution in [-0.2, 0) is 22.8 Å². The van der Waals surface area contributed by atoms with Crippen LogP contribution in [0.3, 0.4) is 0 Å². The minimum atomic E-state index is -4.59. The number of anilines is 1. The first kappa shape index (κ1) is 32.7. The Bertz CT molecular complexity index is 2030. The van der Waals surface area contributed by atoms with Crippen LogP contribution in [-0.4, -0.2) is 74.5 Å². The number of nitrogens with zero attached hydrogens (tertiary/aromatic N) is 5. The number of rotatable bonds is 6. The van der Waals surface area contributed by atoms with Crippen molar-refractivity contribution in [3.05, 3.63) is 89.1 Å². The molecule has 1 fully saturated rings. The van der Waals surface area contributed by atoms with E-state index in [9.17, 15) is 27.6 Å². The van der Waals surface area contributed by atoms with E-state index in [1.807, 2.05) is 24.3 Å². The summed E-state index contributed by atoms with van der Waals surface area (Å²) in [6.45, 7) is 2.14. The van der Waals surface area contributed by atoms with Crippen molar-refractivity contribution in [2.45, 2.75) is 6.18 Å². The highest BCUT2D eigenvalue weighted by atomic mass is 19.4. The number of halogens is 3. The Labute approximate surface area is 265 Å². The second kappa shape index (κ2) is 13.3. The van der Waals surface area contributed by atoms with Gasteiger partial charge in [-0.1, -0.05) is 6.07 Å². The first-order valence-corrected chi connectivity index (χ1v) is 14.2. The standard InChI is InChI=1S/C28H25F3N6O2.C4H4O4/c1-35-24-16-33-22-6-3-17(18-4-8-25(39-2)34-15-18)13-20(22)26(24)37(27(35)38)19-5-7-23(21(14-19)28(29,30)31)36-11-9-32-10-12-36;5-3(6)1-2-4(7)8/h3-8,13-16,32H,9-12H2,1-2H3;1-2H,(H,5,6)(H,7,8)/b;2-1+. The van der Waals surface area contributed by atoms with Gasteiger partial charge in [0.2, 0.25) is 5.88 Å². The molecule has 244 valence electrons. The van der Waals surface area contributed by atoms with Crippen LogP contribution in [0.5, 0.6) is 5.88 Å². The van der Waals surface area contributed by atoms with Gasteiger partial charge in [0.25, 0.3) is 0 Å². The Hall–Kier alpha value is -5.70. The summed E-state index contributed by atoms with van der Waals surface area (Å²) < 4.78 is 50.8. The summed E-state index contributed by atoms with van der Waals surface area (Å²) in [7, 11) is 3.13. The third kappa shape index (κ3) is 6.94. The van der Waals surface area contributed by atoms with Crippen molar-refractivity contribution < 1.29 is 37.7 Å². The SMILES string of the molecule is COc1ccc(-c2ccc3ncc4c(c3c2)n(-c2ccc(N3CCNCC3)c(C(F)(F)F)c2)c(=O)n4C)cn1.O=C(O)/C=C/C(=O)O. The lowest BCUT2D eigenvalue weighted by Crippen LogP contribution is -2.44. The normalized spacial score (nSPS) is 13.5. The van der Waals surface area contributed by atoms with Crippen LogP contribution < -0.4 is 20.6 Å². The summed E-state index contributed by atoms with van der Waals surface area (Å²) in [5.74, 6) is -2.04. The number of aromatic nitrogens is 4. The lowest BCUT2D eigenvalue weighted by molar-refractivity contribution is -0.137. The number of fused-ring (bicyclic) bond motifs is 3. The number of carboxylic acid groups (broad SMARTS) is 2. The van der Waals surface area contributed by atoms with Crippen LogP contribution in [0.15, 0.2) is 77.9 Å². The van der Waals surface area contributed by atoms with E-state index in [0.717, 1.165) is 17.2 Å². The molecule has 0 spiro atoms. The summed E-state index contributed by atoms with van der Waals surface area (Å²) >= 11 is 0. The van der Waals surface area contributed by atoms with Crippen molar-refractivity contribution >= 4 is 39.6 Å². The van der Waals surface area contributed by atoms with Crippen molar-refractivity contribution in [2.24, 2.45) is 7.05 Å². The number of carbonyl (C=O) groups is 2. The number of imidazole rings is 1. The van der Waals surface area contributed by atoms with Gasteiger partial charge in [-0.05, 0) is 42.0 Å². The minimum Gasteiger partial charge on any atom is -0.481 e. The molecule has 2 aromatic carbocycles. The predicted octanol–water partition coefficient (Wildman–Crippen LogP) is 4.09. The Morgan fingerprint density at radius 3 is 2.21 bits per heavy atom. The van der Waals surface area contributed by atoms with Gasteiger partial charge in [0.15, 0.2) is 0 Å². The summed E-state index contributed by atoms with van der Waals surface area (Å²) in [4.78, 5) is 43.1. The highest BCUT2D eigenvalue weighted by molar-refractivity contribution is 6.04. The third-order valence-corrected chi connectivity index (χ3v) is 7.53. The van der Waals surface area contributed by atoms with Gasteiger partial charge in [-0.2, -0.15) is 13.2 Å². The molecule has 12 nitrogen and oxygen atoms in total. The molecule has 6 rings (SSSR count). The maximum Gasteiger partial charge on any atom is 0.418 e. The van der Waals surface area contributed by atoms with Gasteiger partial charge in [0.05, 0.1) is 41.1 Å². The Balaban J connectivity index is 0.000000483. The molecule has 0 amide bonds. The van der Waals surface area contributed by atoms with Crippen molar-refractivity contribution in [1.82, 2.24) is 24.4 Å². The zero-order chi connectivity index (χ0) is 33.9.